The van der Waals surface area contributed by atoms with Crippen LogP contribution < -0.4 is 10.6 Å². The molecule has 0 bridgehead atoms. The lowest BCUT2D eigenvalue weighted by Gasteiger charge is -2.14. The SMILES string of the molecule is Cc1ccc(CNC(=O)C[C@@H](C)NC(=O)c2ccccc2)cc1. The normalized spacial score (nSPS) is 11.6. The molecule has 0 heterocycles. The van der Waals surface area contributed by atoms with E-state index in [1.165, 1.54) is 5.56 Å². The van der Waals surface area contributed by atoms with Crippen LogP contribution in [0.4, 0.5) is 0 Å². The molecule has 4 heteroatoms. The van der Waals surface area contributed by atoms with E-state index in [4.69, 9.17) is 0 Å². The molecule has 2 amide bonds. The van der Waals surface area contributed by atoms with E-state index in [9.17, 15) is 9.59 Å². The second-order valence-electron chi connectivity index (χ2n) is 5.71. The minimum absolute atomic E-state index is 0.0774. The third-order valence-corrected chi connectivity index (χ3v) is 3.52. The Labute approximate surface area is 136 Å². The first-order valence-electron chi connectivity index (χ1n) is 7.73. The third-order valence-electron chi connectivity index (χ3n) is 3.52. The molecule has 1 atom stereocenters. The van der Waals surface area contributed by atoms with Gasteiger partial charge < -0.3 is 10.6 Å². The highest BCUT2D eigenvalue weighted by Gasteiger charge is 2.12. The van der Waals surface area contributed by atoms with E-state index in [-0.39, 0.29) is 24.3 Å². The zero-order valence-electron chi connectivity index (χ0n) is 13.5. The van der Waals surface area contributed by atoms with Crippen molar-refractivity contribution in [1.82, 2.24) is 10.6 Å². The molecule has 0 aliphatic carbocycles. The average molecular weight is 310 g/mol. The maximum atomic E-state index is 12.0. The van der Waals surface area contributed by atoms with Crippen LogP contribution in [0.2, 0.25) is 0 Å². The second-order valence-corrected chi connectivity index (χ2v) is 5.71. The maximum Gasteiger partial charge on any atom is 0.251 e. The molecule has 0 unspecified atom stereocenters. The standard InChI is InChI=1S/C19H22N2O2/c1-14-8-10-16(11-9-14)13-20-18(22)12-15(2)21-19(23)17-6-4-3-5-7-17/h3-11,15H,12-13H2,1-2H3,(H,20,22)(H,21,23)/t15-/m1/s1. The van der Waals surface area contributed by atoms with Crippen LogP contribution in [0, 0.1) is 6.92 Å². The van der Waals surface area contributed by atoms with E-state index >= 15 is 0 Å². The summed E-state index contributed by atoms with van der Waals surface area (Å²) in [5, 5.41) is 5.71. The van der Waals surface area contributed by atoms with Crippen molar-refractivity contribution in [3.63, 3.8) is 0 Å². The molecule has 0 aliphatic heterocycles. The van der Waals surface area contributed by atoms with E-state index in [0.29, 0.717) is 12.1 Å². The van der Waals surface area contributed by atoms with Gasteiger partial charge in [-0.25, -0.2) is 0 Å². The number of amides is 2. The van der Waals surface area contributed by atoms with Gasteiger partial charge in [-0.05, 0) is 31.5 Å². The van der Waals surface area contributed by atoms with Gasteiger partial charge in [-0.2, -0.15) is 0 Å². The Morgan fingerprint density at radius 1 is 1.00 bits per heavy atom. The number of benzene rings is 2. The molecule has 23 heavy (non-hydrogen) atoms. The molecule has 2 rings (SSSR count). The van der Waals surface area contributed by atoms with E-state index < -0.39 is 0 Å². The molecule has 0 spiro atoms. The number of carbonyl (C=O) groups excluding carboxylic acids is 2. The Kier molecular flexibility index (Phi) is 5.92. The summed E-state index contributed by atoms with van der Waals surface area (Å²) in [5.41, 5.74) is 2.85. The summed E-state index contributed by atoms with van der Waals surface area (Å²) in [6.07, 6.45) is 0.254. The molecule has 0 radical (unpaired) electrons. The monoisotopic (exact) mass is 310 g/mol. The Morgan fingerprint density at radius 2 is 1.65 bits per heavy atom. The summed E-state index contributed by atoms with van der Waals surface area (Å²) >= 11 is 0. The fraction of sp³-hybridized carbons (Fsp3) is 0.263. The van der Waals surface area contributed by atoms with E-state index in [2.05, 4.69) is 10.6 Å². The van der Waals surface area contributed by atoms with Gasteiger partial charge in [0.25, 0.3) is 5.91 Å². The van der Waals surface area contributed by atoms with Gasteiger partial charge in [0.15, 0.2) is 0 Å². The smallest absolute Gasteiger partial charge is 0.251 e. The molecule has 120 valence electrons. The lowest BCUT2D eigenvalue weighted by Crippen LogP contribution is -2.37. The summed E-state index contributed by atoms with van der Waals surface area (Å²) in [7, 11) is 0. The first-order chi connectivity index (χ1) is 11.0. The van der Waals surface area contributed by atoms with Gasteiger partial charge in [0.05, 0.1) is 0 Å². The Hall–Kier alpha value is -2.62. The first kappa shape index (κ1) is 16.7. The van der Waals surface area contributed by atoms with Crippen LogP contribution >= 0.6 is 0 Å². The Balaban J connectivity index is 1.76. The van der Waals surface area contributed by atoms with Crippen LogP contribution in [0.25, 0.3) is 0 Å². The maximum absolute atomic E-state index is 12.0. The van der Waals surface area contributed by atoms with Gasteiger partial charge in [0, 0.05) is 24.6 Å². The lowest BCUT2D eigenvalue weighted by atomic mass is 10.1. The number of hydrogen-bond donors (Lipinski definition) is 2. The van der Waals surface area contributed by atoms with Crippen molar-refractivity contribution in [2.75, 3.05) is 0 Å². The van der Waals surface area contributed by atoms with Crippen molar-refractivity contribution in [2.24, 2.45) is 0 Å². The highest BCUT2D eigenvalue weighted by atomic mass is 16.2. The summed E-state index contributed by atoms with van der Waals surface area (Å²) < 4.78 is 0. The second kappa shape index (κ2) is 8.13. The van der Waals surface area contributed by atoms with Gasteiger partial charge in [-0.15, -0.1) is 0 Å². The molecule has 0 fully saturated rings. The predicted molar refractivity (Wildman–Crippen MR) is 91.0 cm³/mol. The molecule has 0 aromatic heterocycles. The molecule has 2 N–H and O–H groups in total. The van der Waals surface area contributed by atoms with Crippen LogP contribution in [0.3, 0.4) is 0 Å². The molecule has 0 aliphatic rings. The predicted octanol–water partition coefficient (Wildman–Crippen LogP) is 2.82. The summed E-state index contributed by atoms with van der Waals surface area (Å²) in [6, 6.07) is 16.8. The van der Waals surface area contributed by atoms with Crippen molar-refractivity contribution in [2.45, 2.75) is 32.9 Å². The lowest BCUT2D eigenvalue weighted by molar-refractivity contribution is -0.121. The highest BCUT2D eigenvalue weighted by molar-refractivity contribution is 5.94. The number of carbonyl (C=O) groups is 2. The van der Waals surface area contributed by atoms with Crippen LogP contribution in [0.1, 0.15) is 34.8 Å². The first-order valence-corrected chi connectivity index (χ1v) is 7.73. The Bertz CT molecular complexity index is 651. The van der Waals surface area contributed by atoms with Crippen LogP contribution in [0.5, 0.6) is 0 Å². The largest absolute Gasteiger partial charge is 0.352 e. The zero-order chi connectivity index (χ0) is 16.7. The number of nitrogens with one attached hydrogen (secondary N) is 2. The number of aryl methyl sites for hydroxylation is 1. The quantitative estimate of drug-likeness (QED) is 0.862. The van der Waals surface area contributed by atoms with Crippen molar-refractivity contribution in [1.29, 1.82) is 0 Å². The van der Waals surface area contributed by atoms with Crippen molar-refractivity contribution < 1.29 is 9.59 Å². The summed E-state index contributed by atoms with van der Waals surface area (Å²) in [6.45, 7) is 4.35. The summed E-state index contributed by atoms with van der Waals surface area (Å²) in [4.78, 5) is 24.0. The molecule has 4 nitrogen and oxygen atoms in total. The fourth-order valence-electron chi connectivity index (χ4n) is 2.20. The minimum Gasteiger partial charge on any atom is -0.352 e. The van der Waals surface area contributed by atoms with Crippen LogP contribution in [-0.2, 0) is 11.3 Å². The van der Waals surface area contributed by atoms with Gasteiger partial charge in [0.1, 0.15) is 0 Å². The van der Waals surface area contributed by atoms with E-state index in [1.807, 2.05) is 56.3 Å². The topological polar surface area (TPSA) is 58.2 Å². The van der Waals surface area contributed by atoms with Crippen molar-refractivity contribution in [3.05, 3.63) is 71.3 Å². The van der Waals surface area contributed by atoms with Gasteiger partial charge in [-0.3, -0.25) is 9.59 Å². The molecular weight excluding hydrogens is 288 g/mol. The van der Waals surface area contributed by atoms with Crippen LogP contribution in [0.15, 0.2) is 54.6 Å². The number of hydrogen-bond acceptors (Lipinski definition) is 2. The van der Waals surface area contributed by atoms with Crippen molar-refractivity contribution in [3.8, 4) is 0 Å². The van der Waals surface area contributed by atoms with Gasteiger partial charge in [-0.1, -0.05) is 48.0 Å². The summed E-state index contributed by atoms with van der Waals surface area (Å²) in [5.74, 6) is -0.240. The molecule has 0 saturated carbocycles. The highest BCUT2D eigenvalue weighted by Crippen LogP contribution is 2.03. The fourth-order valence-corrected chi connectivity index (χ4v) is 2.20. The molecule has 2 aromatic rings. The number of rotatable bonds is 6. The minimum atomic E-state index is -0.222. The molecule has 2 aromatic carbocycles. The average Bonchev–Trinajstić information content (AvgIpc) is 2.55. The van der Waals surface area contributed by atoms with E-state index in [1.54, 1.807) is 12.1 Å². The Morgan fingerprint density at radius 3 is 2.30 bits per heavy atom. The third kappa shape index (κ3) is 5.58. The van der Waals surface area contributed by atoms with E-state index in [0.717, 1.165) is 5.56 Å². The van der Waals surface area contributed by atoms with Gasteiger partial charge >= 0.3 is 0 Å². The molecular formula is C19H22N2O2. The van der Waals surface area contributed by atoms with Gasteiger partial charge in [0.2, 0.25) is 5.91 Å². The molecule has 0 saturated heterocycles. The van der Waals surface area contributed by atoms with Crippen molar-refractivity contribution >= 4 is 11.8 Å². The van der Waals surface area contributed by atoms with Crippen LogP contribution in [-0.4, -0.2) is 17.9 Å². The zero-order valence-corrected chi connectivity index (χ0v) is 13.5.